The van der Waals surface area contributed by atoms with Crippen LogP contribution < -0.4 is 5.32 Å². The van der Waals surface area contributed by atoms with Gasteiger partial charge in [0.25, 0.3) is 5.91 Å². The monoisotopic (exact) mass is 368 g/mol. The second-order valence-corrected chi connectivity index (χ2v) is 7.40. The fourth-order valence-corrected chi connectivity index (χ4v) is 3.51. The van der Waals surface area contributed by atoms with Gasteiger partial charge in [-0.2, -0.15) is 5.10 Å². The van der Waals surface area contributed by atoms with Crippen LogP contribution in [0.5, 0.6) is 0 Å². The van der Waals surface area contributed by atoms with Crippen molar-refractivity contribution in [1.82, 2.24) is 15.2 Å². The quantitative estimate of drug-likeness (QED) is 0.529. The van der Waals surface area contributed by atoms with Crippen LogP contribution >= 0.6 is 0 Å². The minimum atomic E-state index is -0.194. The molecular weight excluding hydrogens is 348 g/mol. The summed E-state index contributed by atoms with van der Waals surface area (Å²) in [5.74, 6) is 0.350. The van der Waals surface area contributed by atoms with E-state index in [2.05, 4.69) is 45.6 Å². The van der Waals surface area contributed by atoms with Gasteiger partial charge in [0, 0.05) is 35.1 Å². The summed E-state index contributed by atoms with van der Waals surface area (Å²) >= 11 is 0. The number of carbonyl (C=O) groups is 1. The second-order valence-electron chi connectivity index (χ2n) is 7.40. The van der Waals surface area contributed by atoms with Gasteiger partial charge in [0.15, 0.2) is 5.69 Å². The molecule has 1 saturated carbocycles. The van der Waals surface area contributed by atoms with E-state index in [0.717, 1.165) is 38.8 Å². The molecule has 1 aliphatic rings. The minimum absolute atomic E-state index is 0.194. The van der Waals surface area contributed by atoms with Crippen LogP contribution in [0.2, 0.25) is 0 Å². The molecule has 5 nitrogen and oxygen atoms in total. The normalized spacial score (nSPS) is 13.6. The topological polar surface area (TPSA) is 70.7 Å². The molecular formula is C23H20N4O. The lowest BCUT2D eigenvalue weighted by atomic mass is 9.98. The number of hydrogen-bond donors (Lipinski definition) is 2. The van der Waals surface area contributed by atoms with Crippen LogP contribution in [0.15, 0.2) is 60.9 Å². The molecule has 138 valence electrons. The highest BCUT2D eigenvalue weighted by molar-refractivity contribution is 6.03. The third kappa shape index (κ3) is 3.16. The zero-order valence-electron chi connectivity index (χ0n) is 15.6. The molecule has 2 N–H and O–H groups in total. The molecule has 0 bridgehead atoms. The standard InChI is InChI=1S/C23H20N4O/c1-14-2-7-19(25-23(28)22-12-21(26-27-22)16-4-5-16)11-20(14)17-6-3-15-8-9-24-13-18(15)10-17/h2-3,6-13,16H,4-5H2,1H3,(H,25,28)(H,26,27). The molecule has 0 radical (unpaired) electrons. The number of carbonyl (C=O) groups excluding carboxylic acids is 1. The molecule has 4 aromatic rings. The fourth-order valence-electron chi connectivity index (χ4n) is 3.51. The van der Waals surface area contributed by atoms with Crippen LogP contribution in [0.4, 0.5) is 5.69 Å². The van der Waals surface area contributed by atoms with Gasteiger partial charge < -0.3 is 5.32 Å². The lowest BCUT2D eigenvalue weighted by Gasteiger charge is -2.11. The Kier molecular flexibility index (Phi) is 3.93. The summed E-state index contributed by atoms with van der Waals surface area (Å²) in [4.78, 5) is 16.8. The Hall–Kier alpha value is -3.47. The molecule has 2 heterocycles. The molecule has 0 saturated heterocycles. The number of anilines is 1. The predicted octanol–water partition coefficient (Wildman–Crippen LogP) is 5.06. The van der Waals surface area contributed by atoms with E-state index < -0.39 is 0 Å². The third-order valence-corrected chi connectivity index (χ3v) is 5.29. The molecule has 2 aromatic heterocycles. The molecule has 0 spiro atoms. The van der Waals surface area contributed by atoms with E-state index in [1.807, 2.05) is 36.5 Å². The first kappa shape index (κ1) is 16.7. The Morgan fingerprint density at radius 3 is 2.82 bits per heavy atom. The van der Waals surface area contributed by atoms with E-state index in [-0.39, 0.29) is 5.91 Å². The van der Waals surface area contributed by atoms with Gasteiger partial charge >= 0.3 is 0 Å². The summed E-state index contributed by atoms with van der Waals surface area (Å²) in [5, 5.41) is 12.4. The SMILES string of the molecule is Cc1ccc(NC(=O)c2cc(C3CC3)[nH]n2)cc1-c1ccc2ccncc2c1. The number of nitrogens with zero attached hydrogens (tertiary/aromatic N) is 2. The van der Waals surface area contributed by atoms with Gasteiger partial charge in [-0.05, 0) is 72.2 Å². The Morgan fingerprint density at radius 1 is 1.07 bits per heavy atom. The smallest absolute Gasteiger partial charge is 0.276 e. The number of aryl methyl sites for hydroxylation is 1. The Labute approximate surface area is 162 Å². The lowest BCUT2D eigenvalue weighted by molar-refractivity contribution is 0.102. The van der Waals surface area contributed by atoms with Crippen LogP contribution in [0.25, 0.3) is 21.9 Å². The largest absolute Gasteiger partial charge is 0.321 e. The second kappa shape index (κ2) is 6.60. The number of benzene rings is 2. The molecule has 0 atom stereocenters. The van der Waals surface area contributed by atoms with E-state index in [9.17, 15) is 4.79 Å². The summed E-state index contributed by atoms with van der Waals surface area (Å²) in [6.45, 7) is 2.07. The summed E-state index contributed by atoms with van der Waals surface area (Å²) in [6.07, 6.45) is 6.01. The first-order valence-corrected chi connectivity index (χ1v) is 9.49. The van der Waals surface area contributed by atoms with E-state index in [1.165, 1.54) is 12.8 Å². The number of amides is 1. The molecule has 5 heteroatoms. The average Bonchev–Trinajstić information content (AvgIpc) is 3.45. The summed E-state index contributed by atoms with van der Waals surface area (Å²) < 4.78 is 0. The minimum Gasteiger partial charge on any atom is -0.321 e. The van der Waals surface area contributed by atoms with E-state index in [0.29, 0.717) is 11.6 Å². The molecule has 1 amide bonds. The number of aromatic nitrogens is 3. The number of aromatic amines is 1. The van der Waals surface area contributed by atoms with Crippen molar-refractivity contribution in [2.45, 2.75) is 25.7 Å². The summed E-state index contributed by atoms with van der Waals surface area (Å²) in [6, 6.07) is 16.2. The van der Waals surface area contributed by atoms with Crippen molar-refractivity contribution in [2.75, 3.05) is 5.32 Å². The molecule has 5 rings (SSSR count). The molecule has 0 unspecified atom stereocenters. The van der Waals surface area contributed by atoms with Gasteiger partial charge in [-0.3, -0.25) is 14.9 Å². The molecule has 0 aliphatic heterocycles. The highest BCUT2D eigenvalue weighted by atomic mass is 16.1. The maximum atomic E-state index is 12.6. The predicted molar refractivity (Wildman–Crippen MR) is 110 cm³/mol. The molecule has 2 aromatic carbocycles. The van der Waals surface area contributed by atoms with Crippen LogP contribution in [-0.2, 0) is 0 Å². The van der Waals surface area contributed by atoms with E-state index >= 15 is 0 Å². The van der Waals surface area contributed by atoms with Crippen molar-refractivity contribution in [3.8, 4) is 11.1 Å². The fraction of sp³-hybridized carbons (Fsp3) is 0.174. The molecule has 1 aliphatic carbocycles. The number of rotatable bonds is 4. The zero-order valence-corrected chi connectivity index (χ0v) is 15.6. The van der Waals surface area contributed by atoms with Crippen molar-refractivity contribution in [1.29, 1.82) is 0 Å². The van der Waals surface area contributed by atoms with Crippen LogP contribution in [-0.4, -0.2) is 21.1 Å². The number of fused-ring (bicyclic) bond motifs is 1. The zero-order chi connectivity index (χ0) is 19.1. The number of hydrogen-bond acceptors (Lipinski definition) is 3. The van der Waals surface area contributed by atoms with Crippen LogP contribution in [0.3, 0.4) is 0 Å². The highest BCUT2D eigenvalue weighted by Gasteiger charge is 2.26. The van der Waals surface area contributed by atoms with Gasteiger partial charge in [-0.15, -0.1) is 0 Å². The van der Waals surface area contributed by atoms with Gasteiger partial charge in [-0.25, -0.2) is 0 Å². The molecule has 1 fully saturated rings. The van der Waals surface area contributed by atoms with Crippen molar-refractivity contribution < 1.29 is 4.79 Å². The lowest BCUT2D eigenvalue weighted by Crippen LogP contribution is -2.12. The summed E-state index contributed by atoms with van der Waals surface area (Å²) in [7, 11) is 0. The van der Waals surface area contributed by atoms with Gasteiger partial charge in [-0.1, -0.05) is 18.2 Å². The van der Waals surface area contributed by atoms with Crippen molar-refractivity contribution in [3.05, 3.63) is 77.9 Å². The average molecular weight is 368 g/mol. The number of nitrogens with one attached hydrogen (secondary N) is 2. The van der Waals surface area contributed by atoms with Gasteiger partial charge in [0.2, 0.25) is 0 Å². The Balaban J connectivity index is 1.43. The number of H-pyrrole nitrogens is 1. The van der Waals surface area contributed by atoms with E-state index in [1.54, 1.807) is 6.20 Å². The van der Waals surface area contributed by atoms with Gasteiger partial charge in [0.05, 0.1) is 0 Å². The van der Waals surface area contributed by atoms with E-state index in [4.69, 9.17) is 0 Å². The molecule has 28 heavy (non-hydrogen) atoms. The Bertz CT molecular complexity index is 1190. The summed E-state index contributed by atoms with van der Waals surface area (Å²) in [5.41, 5.74) is 5.58. The van der Waals surface area contributed by atoms with Gasteiger partial charge in [0.1, 0.15) is 0 Å². The van der Waals surface area contributed by atoms with Crippen molar-refractivity contribution in [3.63, 3.8) is 0 Å². The first-order valence-electron chi connectivity index (χ1n) is 9.49. The Morgan fingerprint density at radius 2 is 1.96 bits per heavy atom. The highest BCUT2D eigenvalue weighted by Crippen LogP contribution is 2.39. The maximum absolute atomic E-state index is 12.6. The maximum Gasteiger partial charge on any atom is 0.276 e. The van der Waals surface area contributed by atoms with Crippen molar-refractivity contribution >= 4 is 22.4 Å². The first-order chi connectivity index (χ1) is 13.7. The third-order valence-electron chi connectivity index (χ3n) is 5.29. The van der Waals surface area contributed by atoms with Crippen LogP contribution in [0, 0.1) is 6.92 Å². The number of pyridine rings is 1. The van der Waals surface area contributed by atoms with Crippen molar-refractivity contribution in [2.24, 2.45) is 0 Å². The van der Waals surface area contributed by atoms with Crippen LogP contribution in [0.1, 0.15) is 40.5 Å².